The number of nitrogens with zero attached hydrogens (tertiary/aromatic N) is 1. The van der Waals surface area contributed by atoms with E-state index in [-0.39, 0.29) is 27.9 Å². The van der Waals surface area contributed by atoms with Crippen LogP contribution in [0.5, 0.6) is 11.5 Å². The molecule has 1 aromatic carbocycles. The Hall–Kier alpha value is -1.95. The van der Waals surface area contributed by atoms with Crippen LogP contribution in [0.15, 0.2) is 16.7 Å². The minimum Gasteiger partial charge on any atom is -0.493 e. The Bertz CT molecular complexity index is 586. The maximum Gasteiger partial charge on any atom is 0.222 e. The first-order valence-electron chi connectivity index (χ1n) is 4.91. The number of methoxy groups -OCH3 is 2. The fraction of sp³-hybridized carbons (Fsp3) is 0.182. The van der Waals surface area contributed by atoms with Gasteiger partial charge in [0.1, 0.15) is 5.69 Å². The molecule has 2 rings (SSSR count). The highest BCUT2D eigenvalue weighted by atomic mass is 35.5. The van der Waals surface area contributed by atoms with Crippen LogP contribution in [0.2, 0.25) is 5.02 Å². The van der Waals surface area contributed by atoms with Crippen LogP contribution >= 0.6 is 11.6 Å². The predicted octanol–water partition coefficient (Wildman–Crippen LogP) is 2.73. The van der Waals surface area contributed by atoms with Crippen molar-refractivity contribution in [1.29, 1.82) is 0 Å². The predicted molar refractivity (Wildman–Crippen MR) is 64.4 cm³/mol. The van der Waals surface area contributed by atoms with Crippen molar-refractivity contribution in [3.05, 3.63) is 23.0 Å². The van der Waals surface area contributed by atoms with Gasteiger partial charge in [-0.05, 0) is 0 Å². The highest BCUT2D eigenvalue weighted by Crippen LogP contribution is 2.43. The minimum absolute atomic E-state index is 0.0438. The zero-order valence-corrected chi connectivity index (χ0v) is 10.4. The Kier molecular flexibility index (Phi) is 3.29. The molecule has 5 nitrogen and oxygen atoms in total. The van der Waals surface area contributed by atoms with Crippen LogP contribution in [-0.2, 0) is 0 Å². The molecule has 0 aliphatic heterocycles. The fourth-order valence-electron chi connectivity index (χ4n) is 1.58. The van der Waals surface area contributed by atoms with E-state index in [1.54, 1.807) is 0 Å². The van der Waals surface area contributed by atoms with Crippen LogP contribution < -0.4 is 15.2 Å². The molecule has 1 heterocycles. The van der Waals surface area contributed by atoms with Crippen LogP contribution in [0.3, 0.4) is 0 Å². The largest absolute Gasteiger partial charge is 0.493 e. The number of nitrogens with two attached hydrogens (primary N) is 1. The van der Waals surface area contributed by atoms with Crippen LogP contribution in [0.1, 0.15) is 0 Å². The first-order chi connectivity index (χ1) is 8.58. The summed E-state index contributed by atoms with van der Waals surface area (Å²) in [7, 11) is 2.81. The summed E-state index contributed by atoms with van der Waals surface area (Å²) in [4.78, 5) is 0. The van der Waals surface area contributed by atoms with Crippen molar-refractivity contribution in [3.63, 3.8) is 0 Å². The number of hydrogen-bond donors (Lipinski definition) is 1. The van der Waals surface area contributed by atoms with Crippen molar-refractivity contribution < 1.29 is 18.4 Å². The van der Waals surface area contributed by atoms with Crippen molar-refractivity contribution in [2.75, 3.05) is 20.0 Å². The summed E-state index contributed by atoms with van der Waals surface area (Å²) in [5.41, 5.74) is 5.64. The Labute approximate surface area is 107 Å². The summed E-state index contributed by atoms with van der Waals surface area (Å²) in [5, 5.41) is 3.53. The number of hydrogen-bond acceptors (Lipinski definition) is 5. The van der Waals surface area contributed by atoms with Gasteiger partial charge in [0, 0.05) is 12.1 Å². The molecular weight excluding hydrogens is 263 g/mol. The number of anilines is 1. The Morgan fingerprint density at radius 3 is 2.56 bits per heavy atom. The van der Waals surface area contributed by atoms with Crippen molar-refractivity contribution in [2.45, 2.75) is 0 Å². The molecule has 0 unspecified atom stereocenters. The molecule has 2 N–H and O–H groups in total. The number of aromatic nitrogens is 1. The summed E-state index contributed by atoms with van der Waals surface area (Å²) >= 11 is 5.78. The van der Waals surface area contributed by atoms with Gasteiger partial charge >= 0.3 is 0 Å². The van der Waals surface area contributed by atoms with E-state index in [0.717, 1.165) is 0 Å². The molecule has 0 aliphatic carbocycles. The number of nitrogen functional groups attached to an aromatic ring is 1. The maximum atomic E-state index is 14.1. The SMILES string of the molecule is COc1cc(Cl)c(F)c(-c2cc(N)on2)c1OC. The van der Waals surface area contributed by atoms with Gasteiger partial charge in [-0.25, -0.2) is 4.39 Å². The minimum atomic E-state index is -0.678. The number of benzene rings is 1. The highest BCUT2D eigenvalue weighted by Gasteiger charge is 2.23. The second-order valence-electron chi connectivity index (χ2n) is 3.40. The number of ether oxygens (including phenoxy) is 2. The third kappa shape index (κ3) is 1.95. The van der Waals surface area contributed by atoms with Crippen LogP contribution in [-0.4, -0.2) is 19.4 Å². The van der Waals surface area contributed by atoms with Crippen LogP contribution in [0, 0.1) is 5.82 Å². The smallest absolute Gasteiger partial charge is 0.222 e. The van der Waals surface area contributed by atoms with Crippen LogP contribution in [0.4, 0.5) is 10.3 Å². The van der Waals surface area contributed by atoms with Crippen molar-refractivity contribution >= 4 is 17.5 Å². The fourth-order valence-corrected chi connectivity index (χ4v) is 1.77. The zero-order chi connectivity index (χ0) is 13.3. The second-order valence-corrected chi connectivity index (χ2v) is 3.80. The molecular formula is C11H10ClFN2O3. The van der Waals surface area contributed by atoms with Gasteiger partial charge in [0.25, 0.3) is 0 Å². The molecule has 2 aromatic rings. The second kappa shape index (κ2) is 4.73. The number of halogens is 2. The molecule has 0 atom stereocenters. The molecule has 0 bridgehead atoms. The average molecular weight is 273 g/mol. The Balaban J connectivity index is 2.74. The molecule has 0 aliphatic rings. The Morgan fingerprint density at radius 2 is 2.06 bits per heavy atom. The van der Waals surface area contributed by atoms with E-state index in [0.29, 0.717) is 5.75 Å². The first-order valence-corrected chi connectivity index (χ1v) is 5.28. The van der Waals surface area contributed by atoms with Gasteiger partial charge in [-0.2, -0.15) is 0 Å². The first kappa shape index (κ1) is 12.5. The van der Waals surface area contributed by atoms with E-state index < -0.39 is 5.82 Å². The molecule has 0 spiro atoms. The maximum absolute atomic E-state index is 14.1. The van der Waals surface area contributed by atoms with E-state index in [2.05, 4.69) is 5.16 Å². The van der Waals surface area contributed by atoms with Gasteiger partial charge in [0.2, 0.25) is 5.88 Å². The van der Waals surface area contributed by atoms with E-state index in [4.69, 9.17) is 31.3 Å². The summed E-state index contributed by atoms with van der Waals surface area (Å²) in [6.45, 7) is 0. The van der Waals surface area contributed by atoms with Crippen molar-refractivity contribution in [3.8, 4) is 22.8 Å². The molecule has 0 saturated carbocycles. The molecule has 0 radical (unpaired) electrons. The van der Waals surface area contributed by atoms with E-state index in [1.165, 1.54) is 26.4 Å². The number of rotatable bonds is 3. The third-order valence-electron chi connectivity index (χ3n) is 2.35. The topological polar surface area (TPSA) is 70.5 Å². The quantitative estimate of drug-likeness (QED) is 0.930. The van der Waals surface area contributed by atoms with E-state index in [1.807, 2.05) is 0 Å². The lowest BCUT2D eigenvalue weighted by atomic mass is 10.1. The molecule has 1 aromatic heterocycles. The summed E-state index contributed by atoms with van der Waals surface area (Å²) < 4.78 is 29.0. The highest BCUT2D eigenvalue weighted by molar-refractivity contribution is 6.31. The van der Waals surface area contributed by atoms with Crippen molar-refractivity contribution in [1.82, 2.24) is 5.16 Å². The molecule has 7 heteroatoms. The normalized spacial score (nSPS) is 10.4. The van der Waals surface area contributed by atoms with Crippen LogP contribution in [0.25, 0.3) is 11.3 Å². The molecule has 0 amide bonds. The van der Waals surface area contributed by atoms with Gasteiger partial charge in [-0.3, -0.25) is 0 Å². The molecule has 0 fully saturated rings. The van der Waals surface area contributed by atoms with Gasteiger partial charge in [0.15, 0.2) is 17.3 Å². The average Bonchev–Trinajstić information content (AvgIpc) is 2.78. The van der Waals surface area contributed by atoms with Gasteiger partial charge in [-0.1, -0.05) is 16.8 Å². The summed E-state index contributed by atoms with van der Waals surface area (Å²) in [6.07, 6.45) is 0. The van der Waals surface area contributed by atoms with Crippen molar-refractivity contribution in [2.24, 2.45) is 0 Å². The molecule has 18 heavy (non-hydrogen) atoms. The van der Waals surface area contributed by atoms with Gasteiger partial charge in [-0.15, -0.1) is 0 Å². The summed E-state index contributed by atoms with van der Waals surface area (Å²) in [5.74, 6) is -0.152. The van der Waals surface area contributed by atoms with Gasteiger partial charge in [0.05, 0.1) is 24.8 Å². The summed E-state index contributed by atoms with van der Waals surface area (Å²) in [6, 6.07) is 2.69. The molecule has 0 saturated heterocycles. The third-order valence-corrected chi connectivity index (χ3v) is 2.62. The lowest BCUT2D eigenvalue weighted by molar-refractivity contribution is 0.353. The molecule has 96 valence electrons. The standard InChI is InChI=1S/C11H10ClFN2O3/c1-16-7-3-5(12)10(13)9(11(7)17-2)6-4-8(14)18-15-6/h3-4H,14H2,1-2H3. The zero-order valence-electron chi connectivity index (χ0n) is 9.66. The van der Waals surface area contributed by atoms with E-state index >= 15 is 0 Å². The van der Waals surface area contributed by atoms with Gasteiger partial charge < -0.3 is 19.7 Å². The lowest BCUT2D eigenvalue weighted by Crippen LogP contribution is -1.97. The lowest BCUT2D eigenvalue weighted by Gasteiger charge is -2.12. The van der Waals surface area contributed by atoms with E-state index in [9.17, 15) is 4.39 Å². The monoisotopic (exact) mass is 272 g/mol. The Morgan fingerprint density at radius 1 is 1.33 bits per heavy atom.